The number of benzene rings is 1. The van der Waals surface area contributed by atoms with Gasteiger partial charge < -0.3 is 5.73 Å². The fourth-order valence-electron chi connectivity index (χ4n) is 1.27. The van der Waals surface area contributed by atoms with E-state index in [1.54, 1.807) is 11.0 Å². The summed E-state index contributed by atoms with van der Waals surface area (Å²) in [7, 11) is 0. The molecule has 2 N–H and O–H groups in total. The first-order valence-electron chi connectivity index (χ1n) is 4.65. The van der Waals surface area contributed by atoms with Crippen molar-refractivity contribution in [2.45, 2.75) is 6.54 Å². The maximum Gasteiger partial charge on any atom is 0.181 e. The molecule has 0 aliphatic rings. The zero-order valence-electron chi connectivity index (χ0n) is 8.10. The number of nitrogens with two attached hydrogens (primary N) is 1. The molecule has 2 rings (SSSR count). The molecule has 0 aliphatic heterocycles. The van der Waals surface area contributed by atoms with Crippen molar-refractivity contribution in [3.63, 3.8) is 0 Å². The van der Waals surface area contributed by atoms with Crippen LogP contribution in [0.2, 0.25) is 5.02 Å². The molecule has 0 fully saturated rings. The standard InChI is InChI=1S/C10H11ClN4/c11-9-3-1-8(2-4-9)10-13-7-15(14-10)6-5-12/h1-4,7H,5-6,12H2. The van der Waals surface area contributed by atoms with Gasteiger partial charge in [-0.15, -0.1) is 0 Å². The van der Waals surface area contributed by atoms with E-state index in [4.69, 9.17) is 17.3 Å². The second-order valence-electron chi connectivity index (χ2n) is 3.13. The molecular weight excluding hydrogens is 212 g/mol. The molecule has 1 aromatic carbocycles. The van der Waals surface area contributed by atoms with Crippen molar-refractivity contribution in [3.8, 4) is 11.4 Å². The summed E-state index contributed by atoms with van der Waals surface area (Å²) in [5, 5.41) is 4.99. The van der Waals surface area contributed by atoms with Gasteiger partial charge in [-0.05, 0) is 24.3 Å². The summed E-state index contributed by atoms with van der Waals surface area (Å²) in [6.07, 6.45) is 1.68. The normalized spacial score (nSPS) is 10.5. The van der Waals surface area contributed by atoms with E-state index in [9.17, 15) is 0 Å². The van der Waals surface area contributed by atoms with Crippen LogP contribution < -0.4 is 5.73 Å². The monoisotopic (exact) mass is 222 g/mol. The molecule has 0 radical (unpaired) electrons. The zero-order valence-corrected chi connectivity index (χ0v) is 8.85. The second kappa shape index (κ2) is 4.42. The molecular formula is C10H11ClN4. The van der Waals surface area contributed by atoms with Crippen LogP contribution in [0.15, 0.2) is 30.6 Å². The van der Waals surface area contributed by atoms with Crippen molar-refractivity contribution in [2.24, 2.45) is 5.73 Å². The Morgan fingerprint density at radius 2 is 2.00 bits per heavy atom. The fraction of sp³-hybridized carbons (Fsp3) is 0.200. The highest BCUT2D eigenvalue weighted by Crippen LogP contribution is 2.17. The zero-order chi connectivity index (χ0) is 10.7. The lowest BCUT2D eigenvalue weighted by Crippen LogP contribution is -2.10. The molecule has 2 aromatic rings. The van der Waals surface area contributed by atoms with Gasteiger partial charge in [0.25, 0.3) is 0 Å². The van der Waals surface area contributed by atoms with E-state index in [1.807, 2.05) is 24.3 Å². The third kappa shape index (κ3) is 2.34. The van der Waals surface area contributed by atoms with Crippen molar-refractivity contribution in [2.75, 3.05) is 6.54 Å². The Morgan fingerprint density at radius 1 is 1.27 bits per heavy atom. The first-order chi connectivity index (χ1) is 7.29. The summed E-state index contributed by atoms with van der Waals surface area (Å²) in [6, 6.07) is 7.43. The van der Waals surface area contributed by atoms with Crippen molar-refractivity contribution in [1.82, 2.24) is 14.8 Å². The van der Waals surface area contributed by atoms with Crippen LogP contribution in [-0.4, -0.2) is 21.3 Å². The number of rotatable bonds is 3. The second-order valence-corrected chi connectivity index (χ2v) is 3.56. The molecule has 0 amide bonds. The number of aromatic nitrogens is 3. The van der Waals surface area contributed by atoms with Crippen molar-refractivity contribution >= 4 is 11.6 Å². The van der Waals surface area contributed by atoms with Crippen molar-refractivity contribution in [1.29, 1.82) is 0 Å². The maximum atomic E-state index is 5.79. The highest BCUT2D eigenvalue weighted by Gasteiger charge is 2.03. The van der Waals surface area contributed by atoms with Gasteiger partial charge in [-0.2, -0.15) is 5.10 Å². The molecule has 0 atom stereocenters. The van der Waals surface area contributed by atoms with E-state index in [0.717, 1.165) is 5.56 Å². The minimum absolute atomic E-state index is 0.559. The van der Waals surface area contributed by atoms with Crippen LogP contribution in [-0.2, 0) is 6.54 Å². The van der Waals surface area contributed by atoms with E-state index in [0.29, 0.717) is 23.9 Å². The van der Waals surface area contributed by atoms with Gasteiger partial charge in [0.05, 0.1) is 6.54 Å². The first kappa shape index (κ1) is 10.1. The van der Waals surface area contributed by atoms with Gasteiger partial charge in [0.15, 0.2) is 5.82 Å². The third-order valence-electron chi connectivity index (χ3n) is 2.00. The molecule has 0 saturated heterocycles. The Kier molecular flexibility index (Phi) is 2.99. The average Bonchev–Trinajstić information content (AvgIpc) is 2.68. The lowest BCUT2D eigenvalue weighted by Gasteiger charge is -1.96. The van der Waals surface area contributed by atoms with Crippen LogP contribution in [0.4, 0.5) is 0 Å². The maximum absolute atomic E-state index is 5.79. The molecule has 0 unspecified atom stereocenters. The summed E-state index contributed by atoms with van der Waals surface area (Å²) >= 11 is 5.79. The van der Waals surface area contributed by atoms with Gasteiger partial charge in [-0.1, -0.05) is 11.6 Å². The number of hydrogen-bond donors (Lipinski definition) is 1. The average molecular weight is 223 g/mol. The number of halogens is 1. The Bertz CT molecular complexity index is 435. The smallest absolute Gasteiger partial charge is 0.181 e. The summed E-state index contributed by atoms with van der Waals surface area (Å²) in [5.74, 6) is 0.695. The Hall–Kier alpha value is -1.39. The largest absolute Gasteiger partial charge is 0.329 e. The fourth-order valence-corrected chi connectivity index (χ4v) is 1.39. The van der Waals surface area contributed by atoms with Crippen LogP contribution in [0.3, 0.4) is 0 Å². The summed E-state index contributed by atoms with van der Waals surface area (Å²) in [4.78, 5) is 4.19. The van der Waals surface area contributed by atoms with E-state index in [1.165, 1.54) is 0 Å². The van der Waals surface area contributed by atoms with Gasteiger partial charge in [0.1, 0.15) is 6.33 Å². The molecule has 1 aromatic heterocycles. The highest BCUT2D eigenvalue weighted by atomic mass is 35.5. The van der Waals surface area contributed by atoms with Crippen LogP contribution >= 0.6 is 11.6 Å². The summed E-state index contributed by atoms with van der Waals surface area (Å²) in [6.45, 7) is 1.24. The molecule has 0 bridgehead atoms. The van der Waals surface area contributed by atoms with Crippen LogP contribution in [0.5, 0.6) is 0 Å². The van der Waals surface area contributed by atoms with Gasteiger partial charge in [0, 0.05) is 17.1 Å². The summed E-state index contributed by atoms with van der Waals surface area (Å²) < 4.78 is 1.73. The molecule has 4 nitrogen and oxygen atoms in total. The third-order valence-corrected chi connectivity index (χ3v) is 2.25. The van der Waals surface area contributed by atoms with Gasteiger partial charge >= 0.3 is 0 Å². The topological polar surface area (TPSA) is 56.7 Å². The molecule has 5 heteroatoms. The minimum Gasteiger partial charge on any atom is -0.329 e. The molecule has 15 heavy (non-hydrogen) atoms. The Balaban J connectivity index is 2.25. The predicted molar refractivity (Wildman–Crippen MR) is 59.5 cm³/mol. The molecule has 0 aliphatic carbocycles. The highest BCUT2D eigenvalue weighted by molar-refractivity contribution is 6.30. The van der Waals surface area contributed by atoms with E-state index < -0.39 is 0 Å². The van der Waals surface area contributed by atoms with Gasteiger partial charge in [0.2, 0.25) is 0 Å². The van der Waals surface area contributed by atoms with Crippen molar-refractivity contribution < 1.29 is 0 Å². The molecule has 0 spiro atoms. The lowest BCUT2D eigenvalue weighted by molar-refractivity contribution is 0.625. The van der Waals surface area contributed by atoms with Crippen molar-refractivity contribution in [3.05, 3.63) is 35.6 Å². The van der Waals surface area contributed by atoms with E-state index in [2.05, 4.69) is 10.1 Å². The van der Waals surface area contributed by atoms with Gasteiger partial charge in [-0.25, -0.2) is 4.98 Å². The van der Waals surface area contributed by atoms with Crippen LogP contribution in [0, 0.1) is 0 Å². The van der Waals surface area contributed by atoms with Crippen LogP contribution in [0.1, 0.15) is 0 Å². The first-order valence-corrected chi connectivity index (χ1v) is 5.03. The Labute approximate surface area is 92.7 Å². The van der Waals surface area contributed by atoms with Crippen LogP contribution in [0.25, 0.3) is 11.4 Å². The minimum atomic E-state index is 0.559. The lowest BCUT2D eigenvalue weighted by atomic mass is 10.2. The summed E-state index contributed by atoms with van der Waals surface area (Å²) in [5.41, 5.74) is 6.38. The van der Waals surface area contributed by atoms with Gasteiger partial charge in [-0.3, -0.25) is 4.68 Å². The quantitative estimate of drug-likeness (QED) is 0.858. The molecule has 0 saturated carbocycles. The van der Waals surface area contributed by atoms with E-state index in [-0.39, 0.29) is 0 Å². The predicted octanol–water partition coefficient (Wildman–Crippen LogP) is 1.56. The molecule has 1 heterocycles. The molecule has 78 valence electrons. The van der Waals surface area contributed by atoms with E-state index >= 15 is 0 Å². The number of hydrogen-bond acceptors (Lipinski definition) is 3. The Morgan fingerprint density at radius 3 is 2.67 bits per heavy atom. The SMILES string of the molecule is NCCn1cnc(-c2ccc(Cl)cc2)n1. The number of nitrogens with zero attached hydrogens (tertiary/aromatic N) is 3.